The Hall–Kier alpha value is -1.95. The lowest BCUT2D eigenvalue weighted by Crippen LogP contribution is -2.55. The van der Waals surface area contributed by atoms with Crippen molar-refractivity contribution < 1.29 is 19.0 Å². The smallest absolute Gasteiger partial charge is 0.251 e. The van der Waals surface area contributed by atoms with Crippen LogP contribution in [0.1, 0.15) is 69.2 Å². The maximum atomic E-state index is 13.0. The second kappa shape index (κ2) is 11.3. The number of amides is 1. The summed E-state index contributed by atoms with van der Waals surface area (Å²) in [4.78, 5) is 15.4. The monoisotopic (exact) mass is 406 g/mol. The Morgan fingerprint density at radius 1 is 1.10 bits per heavy atom. The number of methoxy groups -OCH3 is 2. The molecule has 1 aliphatic rings. The molecule has 0 radical (unpaired) electrons. The van der Waals surface area contributed by atoms with Crippen LogP contribution in [-0.2, 0) is 0 Å². The van der Waals surface area contributed by atoms with Crippen molar-refractivity contribution in [1.29, 1.82) is 0 Å². The highest BCUT2D eigenvalue weighted by Gasteiger charge is 2.35. The number of hydrogen-bond donors (Lipinski definition) is 1. The number of likely N-dealkylation sites (N-methyl/N-ethyl adjacent to an activating group) is 1. The van der Waals surface area contributed by atoms with Crippen molar-refractivity contribution in [3.05, 3.63) is 17.7 Å². The molecule has 0 heterocycles. The topological polar surface area (TPSA) is 60.0 Å². The molecule has 0 spiro atoms. The van der Waals surface area contributed by atoms with Crippen LogP contribution in [0.2, 0.25) is 0 Å². The molecule has 1 amide bonds. The first-order valence-corrected chi connectivity index (χ1v) is 10.9. The van der Waals surface area contributed by atoms with Crippen LogP contribution in [0.25, 0.3) is 0 Å². The van der Waals surface area contributed by atoms with Gasteiger partial charge in [0.2, 0.25) is 5.75 Å². The van der Waals surface area contributed by atoms with Gasteiger partial charge in [0.15, 0.2) is 11.5 Å². The lowest BCUT2D eigenvalue weighted by atomic mass is 9.80. The van der Waals surface area contributed by atoms with E-state index in [-0.39, 0.29) is 11.4 Å². The molecule has 0 aliphatic heterocycles. The van der Waals surface area contributed by atoms with Crippen LogP contribution in [0.5, 0.6) is 17.2 Å². The van der Waals surface area contributed by atoms with Crippen LogP contribution in [0.3, 0.4) is 0 Å². The highest BCUT2D eigenvalue weighted by Crippen LogP contribution is 2.39. The van der Waals surface area contributed by atoms with Crippen molar-refractivity contribution in [3.63, 3.8) is 0 Å². The summed E-state index contributed by atoms with van der Waals surface area (Å²) < 4.78 is 16.8. The molecule has 0 aromatic heterocycles. The average molecular weight is 407 g/mol. The van der Waals surface area contributed by atoms with Crippen LogP contribution >= 0.6 is 0 Å². The third-order valence-electron chi connectivity index (χ3n) is 6.11. The second-order valence-electron chi connectivity index (χ2n) is 7.89. The number of carbonyl (C=O) groups is 1. The molecule has 29 heavy (non-hydrogen) atoms. The zero-order valence-corrected chi connectivity index (χ0v) is 18.8. The summed E-state index contributed by atoms with van der Waals surface area (Å²) in [5.41, 5.74) is 0.562. The van der Waals surface area contributed by atoms with Crippen molar-refractivity contribution in [2.45, 2.75) is 64.3 Å². The van der Waals surface area contributed by atoms with Crippen molar-refractivity contribution in [1.82, 2.24) is 10.2 Å². The molecule has 0 bridgehead atoms. The van der Waals surface area contributed by atoms with E-state index in [4.69, 9.17) is 14.2 Å². The van der Waals surface area contributed by atoms with Gasteiger partial charge >= 0.3 is 0 Å². The summed E-state index contributed by atoms with van der Waals surface area (Å²) in [6.45, 7) is 6.49. The quantitative estimate of drug-likeness (QED) is 0.556. The van der Waals surface area contributed by atoms with Gasteiger partial charge in [0.1, 0.15) is 0 Å². The molecule has 1 N–H and O–H groups in total. The van der Waals surface area contributed by atoms with Crippen molar-refractivity contribution in [3.8, 4) is 17.2 Å². The van der Waals surface area contributed by atoms with E-state index in [2.05, 4.69) is 31.1 Å². The number of unbranched alkanes of at least 4 members (excludes halogenated alkanes) is 1. The zero-order valence-electron chi connectivity index (χ0n) is 18.8. The molecular formula is C23H38N2O4. The fraction of sp³-hybridized carbons (Fsp3) is 0.696. The Kier molecular flexibility index (Phi) is 9.08. The average Bonchev–Trinajstić information content (AvgIpc) is 2.77. The summed E-state index contributed by atoms with van der Waals surface area (Å²) in [5.74, 6) is 1.47. The van der Waals surface area contributed by atoms with Crippen molar-refractivity contribution in [2.24, 2.45) is 0 Å². The first-order valence-electron chi connectivity index (χ1n) is 10.9. The molecule has 0 unspecified atom stereocenters. The van der Waals surface area contributed by atoms with Crippen molar-refractivity contribution >= 4 is 5.91 Å². The number of rotatable bonds is 11. The minimum atomic E-state index is -0.115. The van der Waals surface area contributed by atoms with Crippen LogP contribution in [0.4, 0.5) is 0 Å². The second-order valence-corrected chi connectivity index (χ2v) is 7.89. The summed E-state index contributed by atoms with van der Waals surface area (Å²) in [6, 6.07) is 3.46. The molecule has 0 atom stereocenters. The van der Waals surface area contributed by atoms with Crippen LogP contribution < -0.4 is 19.5 Å². The Balaban J connectivity index is 2.17. The van der Waals surface area contributed by atoms with Gasteiger partial charge in [-0.25, -0.2) is 0 Å². The molecule has 2 rings (SSSR count). The fourth-order valence-electron chi connectivity index (χ4n) is 4.06. The number of ether oxygens (including phenoxy) is 3. The van der Waals surface area contributed by atoms with Gasteiger partial charge in [-0.15, -0.1) is 0 Å². The van der Waals surface area contributed by atoms with Gasteiger partial charge in [0, 0.05) is 17.6 Å². The normalized spacial score (nSPS) is 15.8. The third-order valence-corrected chi connectivity index (χ3v) is 6.11. The molecular weight excluding hydrogens is 368 g/mol. The van der Waals surface area contributed by atoms with E-state index in [1.54, 1.807) is 26.4 Å². The Morgan fingerprint density at radius 2 is 1.72 bits per heavy atom. The standard InChI is InChI=1S/C23H38N2O4/c1-6-8-14-29-21-19(27-4)15-18(16-20(21)28-5)22(26)24-17-23(25(3)7-2)12-10-9-11-13-23/h15-16H,6-14,17H2,1-5H3,(H,24,26). The molecule has 1 saturated carbocycles. The van der Waals surface area contributed by atoms with Crippen LogP contribution in [0.15, 0.2) is 12.1 Å². The molecule has 6 nitrogen and oxygen atoms in total. The summed E-state index contributed by atoms with van der Waals surface area (Å²) >= 11 is 0. The Labute approximate surface area is 175 Å². The van der Waals surface area contributed by atoms with Crippen LogP contribution in [0, 0.1) is 0 Å². The lowest BCUT2D eigenvalue weighted by molar-refractivity contribution is 0.0699. The van der Waals surface area contributed by atoms with Crippen molar-refractivity contribution in [2.75, 3.05) is 41.0 Å². The maximum Gasteiger partial charge on any atom is 0.251 e. The van der Waals surface area contributed by atoms with E-state index >= 15 is 0 Å². The number of hydrogen-bond acceptors (Lipinski definition) is 5. The molecule has 1 aromatic carbocycles. The first kappa shape index (κ1) is 23.3. The largest absolute Gasteiger partial charge is 0.493 e. The van der Waals surface area contributed by atoms with Gasteiger partial charge in [-0.2, -0.15) is 0 Å². The van der Waals surface area contributed by atoms with E-state index in [1.165, 1.54) is 19.3 Å². The highest BCUT2D eigenvalue weighted by atomic mass is 16.5. The van der Waals surface area contributed by atoms with Gasteiger partial charge in [-0.1, -0.05) is 39.5 Å². The number of benzene rings is 1. The summed E-state index contributed by atoms with van der Waals surface area (Å²) in [7, 11) is 5.32. The van der Waals surface area contributed by atoms with Gasteiger partial charge in [-0.05, 0) is 45.0 Å². The van der Waals surface area contributed by atoms with E-state index in [1.807, 2.05) is 0 Å². The Bertz CT molecular complexity index is 631. The van der Waals surface area contributed by atoms with Crippen LogP contribution in [-0.4, -0.2) is 57.3 Å². The molecule has 6 heteroatoms. The van der Waals surface area contributed by atoms with Gasteiger partial charge < -0.3 is 19.5 Å². The van der Waals surface area contributed by atoms with E-state index in [9.17, 15) is 4.79 Å². The molecule has 1 fully saturated rings. The number of nitrogens with one attached hydrogen (secondary N) is 1. The molecule has 1 aromatic rings. The van der Waals surface area contributed by atoms with Gasteiger partial charge in [0.25, 0.3) is 5.91 Å². The zero-order chi connectivity index (χ0) is 21.3. The molecule has 0 saturated heterocycles. The third kappa shape index (κ3) is 5.78. The minimum absolute atomic E-state index is 0.0417. The fourth-order valence-corrected chi connectivity index (χ4v) is 4.06. The number of nitrogens with zero attached hydrogens (tertiary/aromatic N) is 1. The van der Waals surface area contributed by atoms with E-state index in [0.29, 0.717) is 36.0 Å². The summed E-state index contributed by atoms with van der Waals surface area (Å²) in [6.07, 6.45) is 7.93. The summed E-state index contributed by atoms with van der Waals surface area (Å²) in [5, 5.41) is 3.17. The minimum Gasteiger partial charge on any atom is -0.493 e. The molecule has 1 aliphatic carbocycles. The lowest BCUT2D eigenvalue weighted by Gasteiger charge is -2.44. The predicted octanol–water partition coefficient (Wildman–Crippen LogP) is 4.27. The van der Waals surface area contributed by atoms with E-state index < -0.39 is 0 Å². The predicted molar refractivity (Wildman–Crippen MR) is 116 cm³/mol. The Morgan fingerprint density at radius 3 is 2.24 bits per heavy atom. The number of carbonyl (C=O) groups excluding carboxylic acids is 1. The molecule has 164 valence electrons. The highest BCUT2D eigenvalue weighted by molar-refractivity contribution is 5.95. The SMILES string of the molecule is CCCCOc1c(OC)cc(C(=O)NCC2(N(C)CC)CCCCC2)cc1OC. The maximum absolute atomic E-state index is 13.0. The van der Waals surface area contributed by atoms with Gasteiger partial charge in [0.05, 0.1) is 20.8 Å². The van der Waals surface area contributed by atoms with E-state index in [0.717, 1.165) is 32.2 Å². The van der Waals surface area contributed by atoms with Gasteiger partial charge in [-0.3, -0.25) is 9.69 Å². The first-order chi connectivity index (χ1) is 14.0.